The molecule has 0 saturated carbocycles. The van der Waals surface area contributed by atoms with E-state index in [1.165, 1.54) is 0 Å². The Morgan fingerprint density at radius 1 is 1.22 bits per heavy atom. The van der Waals surface area contributed by atoms with Crippen molar-refractivity contribution in [3.8, 4) is 22.8 Å². The molecule has 0 aliphatic heterocycles. The third kappa shape index (κ3) is 1.81. The van der Waals surface area contributed by atoms with E-state index in [-0.39, 0.29) is 0 Å². The first kappa shape index (κ1) is 10.5. The Balaban J connectivity index is 1.99. The van der Waals surface area contributed by atoms with Crippen molar-refractivity contribution in [3.63, 3.8) is 0 Å². The van der Waals surface area contributed by atoms with Crippen LogP contribution in [0.15, 0.2) is 35.4 Å². The predicted molar refractivity (Wildman–Crippen MR) is 64.1 cm³/mol. The fourth-order valence-electron chi connectivity index (χ4n) is 1.57. The molecule has 7 nitrogen and oxygen atoms in total. The monoisotopic (exact) mass is 242 g/mol. The number of nitrogens with zero attached hydrogens (tertiary/aromatic N) is 5. The van der Waals surface area contributed by atoms with E-state index >= 15 is 0 Å². The molecule has 0 aliphatic carbocycles. The average molecular weight is 242 g/mol. The highest BCUT2D eigenvalue weighted by atomic mass is 16.5. The first-order chi connectivity index (χ1) is 8.72. The number of aromatic nitrogens is 5. The van der Waals surface area contributed by atoms with Gasteiger partial charge in [-0.2, -0.15) is 10.1 Å². The molecule has 18 heavy (non-hydrogen) atoms. The van der Waals surface area contributed by atoms with Crippen LogP contribution in [0.4, 0.5) is 5.69 Å². The lowest BCUT2D eigenvalue weighted by molar-refractivity contribution is 0.432. The zero-order valence-electron chi connectivity index (χ0n) is 9.61. The van der Waals surface area contributed by atoms with E-state index in [2.05, 4.69) is 20.2 Å². The molecule has 3 rings (SSSR count). The van der Waals surface area contributed by atoms with Crippen molar-refractivity contribution < 1.29 is 4.52 Å². The van der Waals surface area contributed by atoms with Gasteiger partial charge in [0, 0.05) is 25.6 Å². The number of hydrogen-bond donors (Lipinski definition) is 1. The molecule has 0 saturated heterocycles. The molecule has 0 unspecified atom stereocenters. The predicted octanol–water partition coefficient (Wildman–Crippen LogP) is 1.11. The Kier molecular flexibility index (Phi) is 2.30. The Morgan fingerprint density at radius 2 is 2.11 bits per heavy atom. The number of anilines is 1. The van der Waals surface area contributed by atoms with Crippen molar-refractivity contribution in [1.29, 1.82) is 0 Å². The summed E-state index contributed by atoms with van der Waals surface area (Å²) in [6.07, 6.45) is 6.66. The third-order valence-electron chi connectivity index (χ3n) is 2.40. The number of nitrogen functional groups attached to an aromatic ring is 1. The van der Waals surface area contributed by atoms with Gasteiger partial charge in [-0.25, -0.2) is 0 Å². The summed E-state index contributed by atoms with van der Waals surface area (Å²) in [5.74, 6) is 0.870. The lowest BCUT2D eigenvalue weighted by atomic mass is 10.2. The topological polar surface area (TPSA) is 95.7 Å². The molecular weight excluding hydrogens is 232 g/mol. The molecule has 0 aromatic carbocycles. The van der Waals surface area contributed by atoms with Gasteiger partial charge in [-0.3, -0.25) is 9.67 Å². The van der Waals surface area contributed by atoms with Gasteiger partial charge < -0.3 is 10.3 Å². The van der Waals surface area contributed by atoms with Crippen LogP contribution in [0.25, 0.3) is 22.8 Å². The van der Waals surface area contributed by atoms with Crippen molar-refractivity contribution in [2.24, 2.45) is 7.05 Å². The normalized spacial score (nSPS) is 10.7. The van der Waals surface area contributed by atoms with Crippen molar-refractivity contribution in [3.05, 3.63) is 30.9 Å². The smallest absolute Gasteiger partial charge is 0.259 e. The van der Waals surface area contributed by atoms with E-state index in [1.807, 2.05) is 13.2 Å². The summed E-state index contributed by atoms with van der Waals surface area (Å²) in [6, 6.07) is 1.73. The number of pyridine rings is 1. The van der Waals surface area contributed by atoms with Crippen LogP contribution in [0.3, 0.4) is 0 Å². The van der Waals surface area contributed by atoms with E-state index in [0.29, 0.717) is 23.0 Å². The van der Waals surface area contributed by atoms with E-state index in [9.17, 15) is 0 Å². The van der Waals surface area contributed by atoms with Gasteiger partial charge in [0.1, 0.15) is 0 Å². The van der Waals surface area contributed by atoms with Crippen LogP contribution in [0.5, 0.6) is 0 Å². The largest absolute Gasteiger partial charge is 0.397 e. The van der Waals surface area contributed by atoms with Crippen LogP contribution in [0.1, 0.15) is 0 Å². The highest BCUT2D eigenvalue weighted by molar-refractivity contribution is 5.60. The molecule has 2 N–H and O–H groups in total. The Hall–Kier alpha value is -2.70. The number of nitrogens with two attached hydrogens (primary N) is 1. The van der Waals surface area contributed by atoms with Gasteiger partial charge in [-0.05, 0) is 6.07 Å². The Labute approximate surface area is 102 Å². The van der Waals surface area contributed by atoms with Gasteiger partial charge in [-0.1, -0.05) is 5.16 Å². The molecular formula is C11H10N6O. The molecule has 3 aromatic heterocycles. The van der Waals surface area contributed by atoms with E-state index in [1.54, 1.807) is 29.3 Å². The lowest BCUT2D eigenvalue weighted by Crippen LogP contribution is -1.87. The van der Waals surface area contributed by atoms with Crippen molar-refractivity contribution in [1.82, 2.24) is 24.9 Å². The second-order valence-corrected chi connectivity index (χ2v) is 3.83. The second-order valence-electron chi connectivity index (χ2n) is 3.83. The van der Waals surface area contributed by atoms with Crippen LogP contribution in [-0.4, -0.2) is 24.9 Å². The molecule has 0 radical (unpaired) electrons. The standard InChI is InChI=1S/C11H10N6O/c1-17-6-8(4-14-17)10-15-11(18-16-10)7-2-9(12)5-13-3-7/h2-6H,12H2,1H3. The zero-order chi connectivity index (χ0) is 12.5. The van der Waals surface area contributed by atoms with Crippen LogP contribution in [-0.2, 0) is 7.05 Å². The SMILES string of the molecule is Cn1cc(-c2noc(-c3cncc(N)c3)n2)cn1. The van der Waals surface area contributed by atoms with Crippen LogP contribution in [0, 0.1) is 0 Å². The fraction of sp³-hybridized carbons (Fsp3) is 0.0909. The molecule has 0 spiro atoms. The summed E-state index contributed by atoms with van der Waals surface area (Å²) in [7, 11) is 1.83. The number of aryl methyl sites for hydroxylation is 1. The highest BCUT2D eigenvalue weighted by Gasteiger charge is 2.12. The van der Waals surface area contributed by atoms with E-state index in [4.69, 9.17) is 10.3 Å². The molecule has 90 valence electrons. The maximum atomic E-state index is 5.65. The molecule has 0 fully saturated rings. The summed E-state index contributed by atoms with van der Waals surface area (Å²) >= 11 is 0. The maximum Gasteiger partial charge on any atom is 0.259 e. The minimum Gasteiger partial charge on any atom is -0.397 e. The average Bonchev–Trinajstić information content (AvgIpc) is 2.97. The van der Waals surface area contributed by atoms with Gasteiger partial charge >= 0.3 is 0 Å². The van der Waals surface area contributed by atoms with Crippen molar-refractivity contribution >= 4 is 5.69 Å². The molecule has 3 heterocycles. The summed E-state index contributed by atoms with van der Waals surface area (Å²) in [4.78, 5) is 8.26. The fourth-order valence-corrected chi connectivity index (χ4v) is 1.57. The van der Waals surface area contributed by atoms with Crippen LogP contribution >= 0.6 is 0 Å². The van der Waals surface area contributed by atoms with Crippen LogP contribution < -0.4 is 5.73 Å². The summed E-state index contributed by atoms with van der Waals surface area (Å²) in [5, 5.41) is 7.95. The van der Waals surface area contributed by atoms with Crippen LogP contribution in [0.2, 0.25) is 0 Å². The van der Waals surface area contributed by atoms with Gasteiger partial charge in [0.05, 0.1) is 23.0 Å². The van der Waals surface area contributed by atoms with Gasteiger partial charge in [0.25, 0.3) is 5.89 Å². The second kappa shape index (κ2) is 3.95. The first-order valence-corrected chi connectivity index (χ1v) is 5.26. The van der Waals surface area contributed by atoms with Crippen molar-refractivity contribution in [2.75, 3.05) is 5.73 Å². The van der Waals surface area contributed by atoms with E-state index < -0.39 is 0 Å². The van der Waals surface area contributed by atoms with Gasteiger partial charge in [0.2, 0.25) is 5.82 Å². The molecule has 0 aliphatic rings. The summed E-state index contributed by atoms with van der Waals surface area (Å²) < 4.78 is 6.85. The Morgan fingerprint density at radius 3 is 2.83 bits per heavy atom. The summed E-state index contributed by atoms with van der Waals surface area (Å²) in [5.41, 5.74) is 7.69. The minimum absolute atomic E-state index is 0.383. The number of rotatable bonds is 2. The quantitative estimate of drug-likeness (QED) is 0.723. The van der Waals surface area contributed by atoms with Gasteiger partial charge in [-0.15, -0.1) is 0 Å². The van der Waals surface area contributed by atoms with E-state index in [0.717, 1.165) is 5.56 Å². The first-order valence-electron chi connectivity index (χ1n) is 5.26. The van der Waals surface area contributed by atoms with Crippen molar-refractivity contribution in [2.45, 2.75) is 0 Å². The zero-order valence-corrected chi connectivity index (χ0v) is 9.61. The highest BCUT2D eigenvalue weighted by Crippen LogP contribution is 2.22. The molecule has 0 amide bonds. The third-order valence-corrected chi connectivity index (χ3v) is 2.40. The molecule has 0 bridgehead atoms. The molecule has 0 atom stereocenters. The number of hydrogen-bond acceptors (Lipinski definition) is 6. The molecule has 7 heteroatoms. The molecule has 3 aromatic rings. The minimum atomic E-state index is 0.383. The Bertz CT molecular complexity index is 686. The maximum absolute atomic E-state index is 5.65. The summed E-state index contributed by atoms with van der Waals surface area (Å²) in [6.45, 7) is 0. The van der Waals surface area contributed by atoms with Gasteiger partial charge in [0.15, 0.2) is 0 Å². The lowest BCUT2D eigenvalue weighted by Gasteiger charge is -1.94.